The van der Waals surface area contributed by atoms with Crippen LogP contribution in [0.1, 0.15) is 103 Å². The molecule has 0 bridgehead atoms. The zero-order valence-electron chi connectivity index (χ0n) is 18.4. The van der Waals surface area contributed by atoms with Crippen LogP contribution in [-0.2, 0) is 0 Å². The number of halogens is 8. The van der Waals surface area contributed by atoms with Crippen LogP contribution in [0.3, 0.4) is 0 Å². The van der Waals surface area contributed by atoms with E-state index < -0.39 is 24.4 Å². The molecule has 31 heavy (non-hydrogen) atoms. The topological polar surface area (TPSA) is 0 Å². The highest BCUT2D eigenvalue weighted by Crippen LogP contribution is 2.38. The zero-order valence-corrected chi connectivity index (χ0v) is 18.4. The first-order chi connectivity index (χ1) is 14.3. The van der Waals surface area contributed by atoms with Crippen LogP contribution in [0, 0.1) is 11.8 Å². The molecule has 2 aliphatic carbocycles. The van der Waals surface area contributed by atoms with Gasteiger partial charge in [-0.2, -0.15) is 13.2 Å². The van der Waals surface area contributed by atoms with Gasteiger partial charge in [0.1, 0.15) is 0 Å². The summed E-state index contributed by atoms with van der Waals surface area (Å²) in [6.07, 6.45) is 3.34. The molecule has 0 nitrogen and oxygen atoms in total. The summed E-state index contributed by atoms with van der Waals surface area (Å²) in [5.74, 6) is -4.37. The Hall–Kier alpha value is -0.820. The maximum Gasteiger partial charge on any atom is 0.389 e. The van der Waals surface area contributed by atoms with Crippen LogP contribution in [0.2, 0.25) is 0 Å². The van der Waals surface area contributed by atoms with Gasteiger partial charge in [-0.1, -0.05) is 31.8 Å². The largest absolute Gasteiger partial charge is 0.389 e. The van der Waals surface area contributed by atoms with Crippen molar-refractivity contribution in [2.45, 2.75) is 121 Å². The molecule has 0 saturated heterocycles. The lowest BCUT2D eigenvalue weighted by Crippen LogP contribution is -2.24. The first-order valence-corrected chi connectivity index (χ1v) is 11.4. The second-order valence-corrected chi connectivity index (χ2v) is 9.27. The number of rotatable bonds is 9. The van der Waals surface area contributed by atoms with Crippen molar-refractivity contribution in [1.29, 1.82) is 0 Å². The monoisotopic (exact) mass is 464 g/mol. The molecule has 0 aromatic carbocycles. The van der Waals surface area contributed by atoms with Gasteiger partial charge in [-0.05, 0) is 63.7 Å². The summed E-state index contributed by atoms with van der Waals surface area (Å²) >= 11 is 0. The van der Waals surface area contributed by atoms with E-state index in [4.69, 9.17) is 0 Å². The average molecular weight is 465 g/mol. The highest BCUT2D eigenvalue weighted by atomic mass is 19.4. The van der Waals surface area contributed by atoms with Crippen LogP contribution in [0.15, 0.2) is 11.9 Å². The average Bonchev–Trinajstić information content (AvgIpc) is 2.64. The quantitative estimate of drug-likeness (QED) is 0.235. The minimum absolute atomic E-state index is 0.00802. The minimum atomic E-state index is -4.08. The third kappa shape index (κ3) is 15.6. The SMILES string of the molecule is CC(F)(F)CCCCC1CC=C(F)CC1.FC(F)(F)CCCCC1CCC(F)(F)CC1. The van der Waals surface area contributed by atoms with Gasteiger partial charge in [0.25, 0.3) is 0 Å². The molecular weight excluding hydrogens is 428 g/mol. The second-order valence-electron chi connectivity index (χ2n) is 9.27. The maximum absolute atomic E-state index is 12.8. The molecule has 0 amide bonds. The van der Waals surface area contributed by atoms with Crippen molar-refractivity contribution in [1.82, 2.24) is 0 Å². The van der Waals surface area contributed by atoms with Crippen LogP contribution in [0.25, 0.3) is 0 Å². The Morgan fingerprint density at radius 1 is 0.839 bits per heavy atom. The summed E-state index contributed by atoms with van der Waals surface area (Å²) in [6, 6.07) is 0. The fourth-order valence-corrected chi connectivity index (χ4v) is 4.13. The van der Waals surface area contributed by atoms with E-state index in [-0.39, 0.29) is 37.4 Å². The highest BCUT2D eigenvalue weighted by Gasteiger charge is 2.34. The molecule has 1 atom stereocenters. The molecule has 0 aliphatic heterocycles. The van der Waals surface area contributed by atoms with Gasteiger partial charge in [0.2, 0.25) is 11.8 Å². The molecule has 0 heterocycles. The van der Waals surface area contributed by atoms with Crippen molar-refractivity contribution in [3.8, 4) is 0 Å². The molecular formula is C23H36F8. The molecule has 0 radical (unpaired) electrons. The molecule has 1 saturated carbocycles. The molecule has 184 valence electrons. The summed E-state index contributed by atoms with van der Waals surface area (Å²) in [7, 11) is 0. The number of allylic oxidation sites excluding steroid dienone is 2. The highest BCUT2D eigenvalue weighted by molar-refractivity contribution is 4.97. The van der Waals surface area contributed by atoms with E-state index in [1.165, 1.54) is 0 Å². The van der Waals surface area contributed by atoms with Crippen LogP contribution < -0.4 is 0 Å². The predicted molar refractivity (Wildman–Crippen MR) is 107 cm³/mol. The summed E-state index contributed by atoms with van der Waals surface area (Å²) < 4.78 is 98.6. The van der Waals surface area contributed by atoms with Crippen molar-refractivity contribution in [2.24, 2.45) is 11.8 Å². The standard InChI is InChI=1S/C12H19F3.C11H17F5/c1-12(14,15)9-3-2-4-10-5-7-11(13)8-6-10;12-10(13)7-4-9(5-8-10)3-1-2-6-11(14,15)16/h7,10H,2-6,8-9H2,1H3;9H,1-8H2. The van der Waals surface area contributed by atoms with Crippen LogP contribution in [0.5, 0.6) is 0 Å². The number of hydrogen-bond acceptors (Lipinski definition) is 0. The Bertz CT molecular complexity index is 509. The normalized spacial score (nSPS) is 22.5. The van der Waals surface area contributed by atoms with Crippen molar-refractivity contribution in [3.05, 3.63) is 11.9 Å². The number of unbranched alkanes of at least 4 members (excludes halogenated alkanes) is 2. The van der Waals surface area contributed by atoms with Crippen molar-refractivity contribution >= 4 is 0 Å². The van der Waals surface area contributed by atoms with Gasteiger partial charge in [-0.3, -0.25) is 0 Å². The number of hydrogen-bond donors (Lipinski definition) is 0. The molecule has 0 aromatic heterocycles. The summed E-state index contributed by atoms with van der Waals surface area (Å²) in [5.41, 5.74) is 0. The molecule has 0 N–H and O–H groups in total. The molecule has 0 spiro atoms. The molecule has 1 fully saturated rings. The summed E-state index contributed by atoms with van der Waals surface area (Å²) in [5, 5.41) is 0. The van der Waals surface area contributed by atoms with Crippen molar-refractivity contribution < 1.29 is 35.1 Å². The van der Waals surface area contributed by atoms with Gasteiger partial charge >= 0.3 is 6.18 Å². The molecule has 0 aromatic rings. The lowest BCUT2D eigenvalue weighted by Gasteiger charge is -2.28. The summed E-state index contributed by atoms with van der Waals surface area (Å²) in [6.45, 7) is 0.964. The first kappa shape index (κ1) is 28.2. The Morgan fingerprint density at radius 3 is 1.87 bits per heavy atom. The third-order valence-electron chi connectivity index (χ3n) is 6.10. The van der Waals surface area contributed by atoms with E-state index in [0.717, 1.165) is 32.6 Å². The smallest absolute Gasteiger partial charge is 0.212 e. The van der Waals surface area contributed by atoms with Crippen molar-refractivity contribution in [2.75, 3.05) is 0 Å². The Labute approximate surface area is 180 Å². The molecule has 8 heteroatoms. The maximum atomic E-state index is 12.8. The van der Waals surface area contributed by atoms with Gasteiger partial charge in [0.15, 0.2) is 0 Å². The van der Waals surface area contributed by atoms with Gasteiger partial charge < -0.3 is 0 Å². The van der Waals surface area contributed by atoms with Crippen LogP contribution in [0.4, 0.5) is 35.1 Å². The van der Waals surface area contributed by atoms with E-state index in [1.54, 1.807) is 6.08 Å². The fourth-order valence-electron chi connectivity index (χ4n) is 4.13. The minimum Gasteiger partial charge on any atom is -0.212 e. The second kappa shape index (κ2) is 13.0. The van der Waals surface area contributed by atoms with E-state index >= 15 is 0 Å². The molecule has 1 unspecified atom stereocenters. The summed E-state index contributed by atoms with van der Waals surface area (Å²) in [4.78, 5) is 0. The van der Waals surface area contributed by atoms with Gasteiger partial charge in [-0.25, -0.2) is 22.0 Å². The van der Waals surface area contributed by atoms with Crippen molar-refractivity contribution in [3.63, 3.8) is 0 Å². The Kier molecular flexibility index (Phi) is 11.9. The van der Waals surface area contributed by atoms with E-state index in [0.29, 0.717) is 44.4 Å². The van der Waals surface area contributed by atoms with Gasteiger partial charge in [0, 0.05) is 25.7 Å². The predicted octanol–water partition coefficient (Wildman–Crippen LogP) is 9.79. The van der Waals surface area contributed by atoms with E-state index in [1.807, 2.05) is 0 Å². The molecule has 2 aliphatic rings. The Balaban J connectivity index is 0.000000311. The van der Waals surface area contributed by atoms with Gasteiger partial charge in [-0.15, -0.1) is 0 Å². The van der Waals surface area contributed by atoms with E-state index in [2.05, 4.69) is 0 Å². The first-order valence-electron chi connectivity index (χ1n) is 11.4. The number of alkyl halides is 7. The zero-order chi connectivity index (χ0) is 23.5. The van der Waals surface area contributed by atoms with Crippen LogP contribution in [-0.4, -0.2) is 18.0 Å². The van der Waals surface area contributed by atoms with Gasteiger partial charge in [0.05, 0.1) is 5.83 Å². The van der Waals surface area contributed by atoms with E-state index in [9.17, 15) is 35.1 Å². The molecule has 2 rings (SSSR count). The lowest BCUT2D eigenvalue weighted by molar-refractivity contribution is -0.135. The Morgan fingerprint density at radius 2 is 1.39 bits per heavy atom. The van der Waals surface area contributed by atoms with Crippen LogP contribution >= 0.6 is 0 Å². The fraction of sp³-hybridized carbons (Fsp3) is 0.913. The third-order valence-corrected chi connectivity index (χ3v) is 6.10. The lowest BCUT2D eigenvalue weighted by atomic mass is 9.83.